The molecule has 0 N–H and O–H groups in total. The molecule has 0 aliphatic rings. The second kappa shape index (κ2) is 12.3. The van der Waals surface area contributed by atoms with E-state index in [9.17, 15) is 20.2 Å². The molecule has 5 rings (SSSR count). The summed E-state index contributed by atoms with van der Waals surface area (Å²) < 4.78 is 1.65. The first-order valence-electron chi connectivity index (χ1n) is 12.4. The molecule has 2 aromatic heterocycles. The molecular weight excluding hydrogens is 613 g/mol. The van der Waals surface area contributed by atoms with Crippen LogP contribution in [0.2, 0.25) is 0 Å². The topological polar surface area (TPSA) is 117 Å². The maximum atomic E-state index is 11.1. The van der Waals surface area contributed by atoms with Crippen LogP contribution in [0.4, 0.5) is 32.8 Å². The Morgan fingerprint density at radius 1 is 0.571 bits per heavy atom. The van der Waals surface area contributed by atoms with Crippen molar-refractivity contribution in [2.45, 2.75) is 0 Å². The molecule has 0 atom stereocenters. The summed E-state index contributed by atoms with van der Waals surface area (Å²) in [5.41, 5.74) is 3.32. The predicted molar refractivity (Wildman–Crippen MR) is 174 cm³/mol. The Labute approximate surface area is 256 Å². The Bertz CT molecular complexity index is 1760. The number of non-ortho nitro benzene ring substituents is 2. The molecule has 3 aromatic carbocycles. The number of para-hydroxylation sites is 2. The average molecular weight is 637 g/mol. The summed E-state index contributed by atoms with van der Waals surface area (Å²) in [6.45, 7) is 0. The number of benzene rings is 3. The maximum Gasteiger partial charge on any atom is 0.269 e. The number of anilines is 2. The van der Waals surface area contributed by atoms with Crippen molar-refractivity contribution < 1.29 is 9.85 Å². The molecule has 5 aromatic rings. The van der Waals surface area contributed by atoms with Crippen molar-refractivity contribution in [3.63, 3.8) is 0 Å². The number of nitro groups is 2. The van der Waals surface area contributed by atoms with Crippen LogP contribution in [-0.4, -0.2) is 38.0 Å². The molecule has 2 heterocycles. The largest absolute Gasteiger partial charge is 0.368 e. The first-order chi connectivity index (χ1) is 20.1. The Balaban J connectivity index is 1.56. The molecular formula is C28H24N6O4S4. The zero-order valence-electron chi connectivity index (χ0n) is 22.9. The van der Waals surface area contributed by atoms with Crippen molar-refractivity contribution in [3.05, 3.63) is 101 Å². The number of hydrogen-bond donors (Lipinski definition) is 0. The molecule has 0 amide bonds. The van der Waals surface area contributed by atoms with Crippen LogP contribution in [0, 0.1) is 20.2 Å². The molecule has 0 radical (unpaired) electrons. The van der Waals surface area contributed by atoms with E-state index in [1.54, 1.807) is 46.9 Å². The molecule has 0 bridgehead atoms. The highest BCUT2D eigenvalue weighted by Gasteiger charge is 2.16. The van der Waals surface area contributed by atoms with E-state index < -0.39 is 9.85 Å². The van der Waals surface area contributed by atoms with Gasteiger partial charge in [0, 0.05) is 52.5 Å². The summed E-state index contributed by atoms with van der Waals surface area (Å²) in [7, 11) is 7.85. The van der Waals surface area contributed by atoms with Crippen LogP contribution >= 0.6 is 45.3 Å². The fourth-order valence-electron chi connectivity index (χ4n) is 3.93. The smallest absolute Gasteiger partial charge is 0.269 e. The molecule has 0 fully saturated rings. The lowest BCUT2D eigenvalue weighted by molar-refractivity contribution is -0.385. The zero-order chi connectivity index (χ0) is 30.0. The summed E-state index contributed by atoms with van der Waals surface area (Å²) in [6.07, 6.45) is 0. The molecule has 0 saturated carbocycles. The van der Waals surface area contributed by atoms with E-state index in [4.69, 9.17) is 9.98 Å². The zero-order valence-corrected chi connectivity index (χ0v) is 26.1. The summed E-state index contributed by atoms with van der Waals surface area (Å²) >= 11 is 6.14. The van der Waals surface area contributed by atoms with E-state index in [-0.39, 0.29) is 11.4 Å². The molecule has 0 saturated heterocycles. The monoisotopic (exact) mass is 636 g/mol. The van der Waals surface area contributed by atoms with Crippen LogP contribution in [0.5, 0.6) is 0 Å². The van der Waals surface area contributed by atoms with Gasteiger partial charge in [0.25, 0.3) is 11.4 Å². The molecule has 42 heavy (non-hydrogen) atoms. The van der Waals surface area contributed by atoms with Gasteiger partial charge >= 0.3 is 0 Å². The summed E-state index contributed by atoms with van der Waals surface area (Å²) in [5.74, 6) is 0. The van der Waals surface area contributed by atoms with Crippen LogP contribution < -0.4 is 17.8 Å². The van der Waals surface area contributed by atoms with Crippen LogP contribution in [0.25, 0.3) is 20.9 Å². The van der Waals surface area contributed by atoms with Crippen molar-refractivity contribution in [3.8, 4) is 20.9 Å². The minimum absolute atomic E-state index is 0.0506. The molecule has 0 aliphatic carbocycles. The van der Waals surface area contributed by atoms with Gasteiger partial charge in [-0.2, -0.15) is 0 Å². The number of nitrogens with zero attached hydrogens (tertiary/aromatic N) is 6. The highest BCUT2D eigenvalue weighted by molar-refractivity contribution is 7.33. The van der Waals surface area contributed by atoms with Crippen LogP contribution in [0.15, 0.2) is 82.8 Å². The normalized spacial score (nSPS) is 12.0. The first-order valence-corrected chi connectivity index (χ1v) is 15.7. The highest BCUT2D eigenvalue weighted by Crippen LogP contribution is 2.39. The van der Waals surface area contributed by atoms with Crippen molar-refractivity contribution in [2.24, 2.45) is 9.98 Å². The fraction of sp³-hybridized carbons (Fsp3) is 0.143. The standard InChI is InChI=1S/C28H24N6O4S4/c1-31(2)25-23(17-9-13-19(14-10-17)33(35)36)39-27(41-25)29-21-7-5-6-8-22(21)30-28-40-24(26(42-28)32(3)4)18-11-15-20(16-12-18)34(37)38/h5-16H,1-4H3. The average Bonchev–Trinajstić information content (AvgIpc) is 3.59. The minimum Gasteiger partial charge on any atom is -0.368 e. The second-order valence-electron chi connectivity index (χ2n) is 9.32. The maximum absolute atomic E-state index is 11.1. The Morgan fingerprint density at radius 3 is 1.24 bits per heavy atom. The van der Waals surface area contributed by atoms with Crippen LogP contribution in [0.1, 0.15) is 0 Å². The molecule has 10 nitrogen and oxygen atoms in total. The Kier molecular flexibility index (Phi) is 8.59. The lowest BCUT2D eigenvalue weighted by Gasteiger charge is -2.11. The van der Waals surface area contributed by atoms with E-state index in [1.165, 1.54) is 46.9 Å². The Hall–Kier alpha value is -4.24. The van der Waals surface area contributed by atoms with Gasteiger partial charge in [0.2, 0.25) is 0 Å². The molecule has 0 spiro atoms. The van der Waals surface area contributed by atoms with Crippen molar-refractivity contribution in [1.29, 1.82) is 0 Å². The lowest BCUT2D eigenvalue weighted by Crippen LogP contribution is -2.07. The first kappa shape index (κ1) is 29.3. The minimum atomic E-state index is -0.403. The van der Waals surface area contributed by atoms with Crippen molar-refractivity contribution in [1.82, 2.24) is 0 Å². The van der Waals surface area contributed by atoms with Gasteiger partial charge in [0.1, 0.15) is 10.0 Å². The SMILES string of the molecule is CN(C)c1sc(=Nc2ccccc2N=c2sc(-c3ccc([N+](=O)[O-])cc3)c(N(C)C)s2)sc1-c1ccc([N+](=O)[O-])cc1. The number of nitro benzene ring substituents is 2. The van der Waals surface area contributed by atoms with Gasteiger partial charge in [0.05, 0.1) is 31.0 Å². The van der Waals surface area contributed by atoms with Gasteiger partial charge in [-0.3, -0.25) is 20.2 Å². The highest BCUT2D eigenvalue weighted by atomic mass is 32.2. The van der Waals surface area contributed by atoms with E-state index in [2.05, 4.69) is 0 Å². The van der Waals surface area contributed by atoms with Crippen LogP contribution in [0.3, 0.4) is 0 Å². The van der Waals surface area contributed by atoms with E-state index >= 15 is 0 Å². The molecule has 0 unspecified atom stereocenters. The third-order valence-corrected chi connectivity index (χ3v) is 11.0. The van der Waals surface area contributed by atoms with Gasteiger partial charge < -0.3 is 9.80 Å². The third kappa shape index (κ3) is 6.31. The summed E-state index contributed by atoms with van der Waals surface area (Å²) in [4.78, 5) is 37.3. The van der Waals surface area contributed by atoms with Gasteiger partial charge in [0.15, 0.2) is 7.97 Å². The lowest BCUT2D eigenvalue weighted by atomic mass is 10.2. The van der Waals surface area contributed by atoms with Crippen molar-refractivity contribution in [2.75, 3.05) is 38.0 Å². The van der Waals surface area contributed by atoms with Crippen molar-refractivity contribution >= 4 is 78.1 Å². The summed E-state index contributed by atoms with van der Waals surface area (Å²) in [5, 5.41) is 24.2. The Morgan fingerprint density at radius 2 is 0.929 bits per heavy atom. The number of rotatable bonds is 8. The third-order valence-electron chi connectivity index (χ3n) is 5.93. The van der Waals surface area contributed by atoms with Crippen LogP contribution in [-0.2, 0) is 0 Å². The van der Waals surface area contributed by atoms with Gasteiger partial charge in [-0.25, -0.2) is 9.98 Å². The van der Waals surface area contributed by atoms with Gasteiger partial charge in [-0.15, -0.1) is 22.7 Å². The predicted octanol–water partition coefficient (Wildman–Crippen LogP) is 7.68. The summed E-state index contributed by atoms with van der Waals surface area (Å²) in [6, 6.07) is 20.8. The van der Waals surface area contributed by atoms with E-state index in [0.29, 0.717) is 0 Å². The second-order valence-corrected chi connectivity index (χ2v) is 13.8. The molecule has 0 aliphatic heterocycles. The van der Waals surface area contributed by atoms with Gasteiger partial charge in [-0.05, 0) is 47.5 Å². The quantitative estimate of drug-likeness (QED) is 0.127. The van der Waals surface area contributed by atoms with E-state index in [1.807, 2.05) is 62.3 Å². The molecule has 14 heteroatoms. The number of hydrogen-bond acceptors (Lipinski definition) is 12. The van der Waals surface area contributed by atoms with Gasteiger partial charge in [-0.1, -0.05) is 34.8 Å². The fourth-order valence-corrected chi connectivity index (χ4v) is 8.82. The molecule has 214 valence electrons. The van der Waals surface area contributed by atoms with E-state index in [0.717, 1.165) is 50.2 Å².